The number of carbonyl (C=O) groups is 2. The van der Waals surface area contributed by atoms with Crippen molar-refractivity contribution in [2.75, 3.05) is 44.4 Å². The van der Waals surface area contributed by atoms with Gasteiger partial charge in [0.1, 0.15) is 11.6 Å². The van der Waals surface area contributed by atoms with Gasteiger partial charge in [-0.05, 0) is 51.7 Å². The molecule has 1 heterocycles. The second kappa shape index (κ2) is 15.4. The van der Waals surface area contributed by atoms with Gasteiger partial charge in [0.05, 0.1) is 25.9 Å². The zero-order valence-corrected chi connectivity index (χ0v) is 23.6. The van der Waals surface area contributed by atoms with Crippen molar-refractivity contribution in [1.29, 1.82) is 0 Å². The van der Waals surface area contributed by atoms with Gasteiger partial charge in [-0.1, -0.05) is 24.1 Å². The number of rotatable bonds is 17. The predicted octanol–water partition coefficient (Wildman–Crippen LogP) is 4.54. The van der Waals surface area contributed by atoms with Crippen LogP contribution in [0.15, 0.2) is 24.3 Å². The van der Waals surface area contributed by atoms with Crippen molar-refractivity contribution in [3.05, 3.63) is 47.2 Å². The smallest absolute Gasteiger partial charge is 0.329 e. The molecule has 1 aromatic carbocycles. The molecular formula is C27H38FN4O5P. The normalized spacial score (nSPS) is 11.3. The first-order valence-corrected chi connectivity index (χ1v) is 14.6. The van der Waals surface area contributed by atoms with Gasteiger partial charge >= 0.3 is 7.60 Å². The molecule has 0 unspecified atom stereocenters. The van der Waals surface area contributed by atoms with E-state index in [1.54, 1.807) is 43.7 Å². The van der Waals surface area contributed by atoms with Gasteiger partial charge < -0.3 is 18.5 Å². The van der Waals surface area contributed by atoms with Gasteiger partial charge in [-0.25, -0.2) is 9.37 Å². The van der Waals surface area contributed by atoms with E-state index in [-0.39, 0.29) is 55.7 Å². The summed E-state index contributed by atoms with van der Waals surface area (Å²) in [6.45, 7) is 6.68. The fraction of sp³-hybridized carbons (Fsp3) is 0.519. The third-order valence-corrected chi connectivity index (χ3v) is 8.10. The average Bonchev–Trinajstić information content (AvgIpc) is 3.26. The molecule has 208 valence electrons. The summed E-state index contributed by atoms with van der Waals surface area (Å²) in [6, 6.07) is 6.51. The number of aryl methyl sites for hydroxylation is 2. The number of carbonyl (C=O) groups excluding carboxylic acids is 2. The van der Waals surface area contributed by atoms with Crippen molar-refractivity contribution < 1.29 is 27.6 Å². The molecule has 0 saturated carbocycles. The fourth-order valence-corrected chi connectivity index (χ4v) is 5.85. The molecule has 0 spiro atoms. The Labute approximate surface area is 224 Å². The van der Waals surface area contributed by atoms with Gasteiger partial charge in [-0.15, -0.1) is 6.42 Å². The molecule has 0 aliphatic carbocycles. The second-order valence-electron chi connectivity index (χ2n) is 8.58. The van der Waals surface area contributed by atoms with Crippen molar-refractivity contribution in [2.24, 2.45) is 0 Å². The number of hydrogen-bond acceptors (Lipinski definition) is 6. The minimum Gasteiger partial charge on any atom is -0.329 e. The maximum absolute atomic E-state index is 14.2. The number of unbranched alkanes of at least 4 members (excludes halogenated alkanes) is 1. The van der Waals surface area contributed by atoms with E-state index in [4.69, 9.17) is 15.5 Å². The molecule has 0 atom stereocenters. The summed E-state index contributed by atoms with van der Waals surface area (Å²) in [6.07, 6.45) is 7.98. The highest BCUT2D eigenvalue weighted by atomic mass is 31.2. The summed E-state index contributed by atoms with van der Waals surface area (Å²) in [5, 5.41) is 0. The molecule has 0 fully saturated rings. The topological polar surface area (TPSA) is 94.0 Å². The van der Waals surface area contributed by atoms with Gasteiger partial charge in [-0.3, -0.25) is 19.1 Å². The largest absolute Gasteiger partial charge is 0.330 e. The molecule has 11 heteroatoms. The standard InChI is InChI=1S/C27H38FN4O5P/c1-6-18-30(5)27(34)25-26(31(21-33)19-12-13-20-38(35,36-8-3)37-9-4)29-24(32(25)7-2)17-16-22-14-10-11-15-23(22)28/h1,10-11,14-15,21H,7-9,12-13,16-20H2,2-5H3. The Bertz CT molecular complexity index is 1150. The summed E-state index contributed by atoms with van der Waals surface area (Å²) in [4.78, 5) is 33.0. The van der Waals surface area contributed by atoms with Crippen LogP contribution in [0.1, 0.15) is 55.5 Å². The SMILES string of the molecule is C#CCN(C)C(=O)c1c(N(C=O)CCCCP(=O)(OCC)OCC)nc(CCc2ccccc2F)n1CC. The molecule has 0 N–H and O–H groups in total. The molecule has 1 aromatic heterocycles. The summed E-state index contributed by atoms with van der Waals surface area (Å²) in [5.41, 5.74) is 0.785. The highest BCUT2D eigenvalue weighted by Gasteiger charge is 2.28. The van der Waals surface area contributed by atoms with E-state index >= 15 is 0 Å². The highest BCUT2D eigenvalue weighted by Crippen LogP contribution is 2.48. The first-order valence-electron chi connectivity index (χ1n) is 12.9. The maximum Gasteiger partial charge on any atom is 0.330 e. The number of terminal acetylenes is 1. The lowest BCUT2D eigenvalue weighted by Gasteiger charge is -2.21. The number of halogens is 1. The first kappa shape index (κ1) is 31.2. The van der Waals surface area contributed by atoms with E-state index in [1.807, 2.05) is 6.92 Å². The minimum atomic E-state index is -3.19. The molecule has 0 aliphatic rings. The summed E-state index contributed by atoms with van der Waals surface area (Å²) >= 11 is 0. The number of nitrogens with zero attached hydrogens (tertiary/aromatic N) is 4. The molecule has 0 saturated heterocycles. The quantitative estimate of drug-likeness (QED) is 0.125. The zero-order chi connectivity index (χ0) is 28.1. The van der Waals surface area contributed by atoms with E-state index < -0.39 is 7.60 Å². The number of hydrogen-bond donors (Lipinski definition) is 0. The molecule has 2 rings (SSSR count). The molecule has 2 amide bonds. The van der Waals surface area contributed by atoms with Crippen molar-refractivity contribution in [2.45, 2.75) is 53.0 Å². The lowest BCUT2D eigenvalue weighted by molar-refractivity contribution is -0.107. The molecule has 0 radical (unpaired) electrons. The van der Waals surface area contributed by atoms with Crippen molar-refractivity contribution in [3.8, 4) is 12.3 Å². The van der Waals surface area contributed by atoms with E-state index in [9.17, 15) is 18.5 Å². The van der Waals surface area contributed by atoms with Crippen LogP contribution < -0.4 is 4.90 Å². The highest BCUT2D eigenvalue weighted by molar-refractivity contribution is 7.53. The van der Waals surface area contributed by atoms with Gasteiger partial charge in [0, 0.05) is 26.6 Å². The van der Waals surface area contributed by atoms with Crippen LogP contribution in [-0.2, 0) is 37.8 Å². The van der Waals surface area contributed by atoms with Gasteiger partial charge in [-0.2, -0.15) is 0 Å². The molecule has 0 aliphatic heterocycles. The van der Waals surface area contributed by atoms with E-state index in [1.165, 1.54) is 15.9 Å². The minimum absolute atomic E-state index is 0.0863. The Kier molecular flexibility index (Phi) is 12.7. The first-order chi connectivity index (χ1) is 18.2. The third-order valence-electron chi connectivity index (χ3n) is 5.93. The van der Waals surface area contributed by atoms with Crippen LogP contribution in [0.2, 0.25) is 0 Å². The lowest BCUT2D eigenvalue weighted by Crippen LogP contribution is -2.32. The van der Waals surface area contributed by atoms with Crippen LogP contribution in [0, 0.1) is 18.2 Å². The monoisotopic (exact) mass is 548 g/mol. The van der Waals surface area contributed by atoms with E-state index in [0.29, 0.717) is 50.0 Å². The summed E-state index contributed by atoms with van der Waals surface area (Å²) in [7, 11) is -1.61. The Morgan fingerprint density at radius 1 is 1.18 bits per heavy atom. The van der Waals surface area contributed by atoms with Gasteiger partial charge in [0.25, 0.3) is 5.91 Å². The fourth-order valence-electron chi connectivity index (χ4n) is 4.12. The molecule has 38 heavy (non-hydrogen) atoms. The van der Waals surface area contributed by atoms with E-state index in [2.05, 4.69) is 10.9 Å². The molecule has 9 nitrogen and oxygen atoms in total. The number of benzene rings is 1. The molecule has 2 aromatic rings. The number of imidazole rings is 1. The van der Waals surface area contributed by atoms with Gasteiger partial charge in [0.15, 0.2) is 11.5 Å². The van der Waals surface area contributed by atoms with Crippen LogP contribution in [0.3, 0.4) is 0 Å². The number of amides is 2. The van der Waals surface area contributed by atoms with Crippen LogP contribution in [0.25, 0.3) is 0 Å². The summed E-state index contributed by atoms with van der Waals surface area (Å²) < 4.78 is 39.4. The Balaban J connectivity index is 2.33. The van der Waals surface area contributed by atoms with Crippen molar-refractivity contribution in [3.63, 3.8) is 0 Å². The Hall–Kier alpha value is -2.99. The van der Waals surface area contributed by atoms with Gasteiger partial charge in [0.2, 0.25) is 6.41 Å². The Morgan fingerprint density at radius 2 is 1.87 bits per heavy atom. The van der Waals surface area contributed by atoms with Crippen LogP contribution in [0.5, 0.6) is 0 Å². The number of aromatic nitrogens is 2. The van der Waals surface area contributed by atoms with Crippen molar-refractivity contribution in [1.82, 2.24) is 14.5 Å². The predicted molar refractivity (Wildman–Crippen MR) is 146 cm³/mol. The summed E-state index contributed by atoms with van der Waals surface area (Å²) in [5.74, 6) is 2.56. The number of anilines is 1. The zero-order valence-electron chi connectivity index (χ0n) is 22.7. The lowest BCUT2D eigenvalue weighted by atomic mass is 10.1. The molecular weight excluding hydrogens is 510 g/mol. The van der Waals surface area contributed by atoms with E-state index in [0.717, 1.165) is 0 Å². The Morgan fingerprint density at radius 3 is 2.45 bits per heavy atom. The van der Waals surface area contributed by atoms with Crippen LogP contribution >= 0.6 is 7.60 Å². The van der Waals surface area contributed by atoms with Crippen molar-refractivity contribution >= 4 is 25.7 Å². The second-order valence-corrected chi connectivity index (χ2v) is 10.8. The van der Waals surface area contributed by atoms with Crippen LogP contribution in [-0.4, -0.2) is 66.3 Å². The molecule has 0 bridgehead atoms. The third kappa shape index (κ3) is 8.26. The average molecular weight is 549 g/mol. The van der Waals surface area contributed by atoms with Crippen LogP contribution in [0.4, 0.5) is 10.2 Å². The maximum atomic E-state index is 14.2.